The van der Waals surface area contributed by atoms with Crippen molar-refractivity contribution in [1.29, 1.82) is 0 Å². The van der Waals surface area contributed by atoms with E-state index in [1.54, 1.807) is 28.8 Å². The Balaban J connectivity index is 2.21. The lowest BCUT2D eigenvalue weighted by molar-refractivity contribution is 0.585. The Morgan fingerprint density at radius 1 is 1.00 bits per heavy atom. The molecule has 0 amide bonds. The molecule has 1 aliphatic rings. The second kappa shape index (κ2) is 4.75. The first-order chi connectivity index (χ1) is 12.1. The van der Waals surface area contributed by atoms with Crippen LogP contribution in [0.2, 0.25) is 0 Å². The molecule has 0 aliphatic heterocycles. The van der Waals surface area contributed by atoms with Gasteiger partial charge in [0.05, 0.1) is 21.9 Å². The molecule has 0 atom stereocenters. The summed E-state index contributed by atoms with van der Waals surface area (Å²) in [5.74, 6) is -1.62. The number of halogens is 2. The number of aromatic amines is 1. The number of nitrogens with zero attached hydrogens (tertiary/aromatic N) is 1. The number of nitrogens with one attached hydrogen (secondary N) is 1. The van der Waals surface area contributed by atoms with E-state index in [0.29, 0.717) is 16.4 Å². The number of rotatable bonds is 1. The van der Waals surface area contributed by atoms with Crippen LogP contribution < -0.4 is 11.0 Å². The zero-order valence-corrected chi connectivity index (χ0v) is 13.0. The lowest BCUT2D eigenvalue weighted by Crippen LogP contribution is -2.21. The van der Waals surface area contributed by atoms with E-state index in [9.17, 15) is 18.4 Å². The Morgan fingerprint density at radius 2 is 1.76 bits per heavy atom. The number of aromatic nitrogens is 2. The smallest absolute Gasteiger partial charge is 0.261 e. The molecule has 5 rings (SSSR count). The Morgan fingerprint density at radius 3 is 2.52 bits per heavy atom. The molecule has 25 heavy (non-hydrogen) atoms. The zero-order valence-electron chi connectivity index (χ0n) is 13.0. The van der Waals surface area contributed by atoms with Gasteiger partial charge in [-0.2, -0.15) is 0 Å². The van der Waals surface area contributed by atoms with Crippen molar-refractivity contribution >= 4 is 32.7 Å². The summed E-state index contributed by atoms with van der Waals surface area (Å²) in [5.41, 5.74) is -0.121. The average molecular weight is 338 g/mol. The molecular formula is C19H12F2N2O2. The van der Waals surface area contributed by atoms with Crippen molar-refractivity contribution in [2.45, 2.75) is 18.9 Å². The Hall–Kier alpha value is -3.02. The van der Waals surface area contributed by atoms with Gasteiger partial charge in [-0.1, -0.05) is 18.2 Å². The summed E-state index contributed by atoms with van der Waals surface area (Å²) in [6, 6.07) is 8.89. The molecule has 6 heteroatoms. The van der Waals surface area contributed by atoms with Gasteiger partial charge in [-0.15, -0.1) is 0 Å². The molecule has 2 heterocycles. The number of H-pyrrole nitrogens is 1. The molecule has 4 aromatic rings. The second-order valence-corrected chi connectivity index (χ2v) is 6.44. The molecule has 1 fully saturated rings. The average Bonchev–Trinajstić information content (AvgIpc) is 3.40. The second-order valence-electron chi connectivity index (χ2n) is 6.44. The van der Waals surface area contributed by atoms with Crippen molar-refractivity contribution < 1.29 is 8.78 Å². The quantitative estimate of drug-likeness (QED) is 0.426. The van der Waals surface area contributed by atoms with Crippen molar-refractivity contribution in [2.75, 3.05) is 0 Å². The predicted molar refractivity (Wildman–Crippen MR) is 92.0 cm³/mol. The first kappa shape index (κ1) is 14.3. The molecule has 1 N–H and O–H groups in total. The fourth-order valence-corrected chi connectivity index (χ4v) is 3.61. The van der Waals surface area contributed by atoms with E-state index in [1.807, 2.05) is 0 Å². The molecule has 0 spiro atoms. The molecule has 0 unspecified atom stereocenters. The number of pyridine rings is 2. The minimum absolute atomic E-state index is 0.00392. The van der Waals surface area contributed by atoms with Crippen molar-refractivity contribution in [3.8, 4) is 0 Å². The third-order valence-corrected chi connectivity index (χ3v) is 4.79. The van der Waals surface area contributed by atoms with Gasteiger partial charge in [0, 0.05) is 17.5 Å². The molecule has 0 bridgehead atoms. The molecule has 0 radical (unpaired) electrons. The normalized spacial score (nSPS) is 14.6. The van der Waals surface area contributed by atoms with Crippen molar-refractivity contribution in [1.82, 2.24) is 9.55 Å². The Kier molecular flexibility index (Phi) is 2.72. The highest BCUT2D eigenvalue weighted by Crippen LogP contribution is 2.40. The minimum Gasteiger partial charge on any atom is -0.334 e. The monoisotopic (exact) mass is 338 g/mol. The largest absolute Gasteiger partial charge is 0.334 e. The highest BCUT2D eigenvalue weighted by atomic mass is 19.1. The number of benzene rings is 2. The van der Waals surface area contributed by atoms with Gasteiger partial charge in [-0.25, -0.2) is 8.78 Å². The van der Waals surface area contributed by atoms with E-state index in [1.165, 1.54) is 0 Å². The summed E-state index contributed by atoms with van der Waals surface area (Å²) in [6.45, 7) is 0. The maximum Gasteiger partial charge on any atom is 0.261 e. The van der Waals surface area contributed by atoms with E-state index in [-0.39, 0.29) is 22.3 Å². The molecule has 124 valence electrons. The van der Waals surface area contributed by atoms with Crippen LogP contribution >= 0.6 is 0 Å². The van der Waals surface area contributed by atoms with Gasteiger partial charge >= 0.3 is 0 Å². The fourth-order valence-electron chi connectivity index (χ4n) is 3.61. The van der Waals surface area contributed by atoms with Crippen LogP contribution in [0.5, 0.6) is 0 Å². The van der Waals surface area contributed by atoms with Gasteiger partial charge in [0.1, 0.15) is 11.2 Å². The van der Waals surface area contributed by atoms with Crippen LogP contribution in [-0.2, 0) is 0 Å². The van der Waals surface area contributed by atoms with Gasteiger partial charge in [0.25, 0.3) is 5.56 Å². The lowest BCUT2D eigenvalue weighted by Gasteiger charge is -2.16. The van der Waals surface area contributed by atoms with E-state index in [0.717, 1.165) is 25.0 Å². The summed E-state index contributed by atoms with van der Waals surface area (Å²) < 4.78 is 30.0. The Bertz CT molecular complexity index is 1320. The maximum absolute atomic E-state index is 14.6. The number of hydrogen-bond acceptors (Lipinski definition) is 2. The summed E-state index contributed by atoms with van der Waals surface area (Å²) in [6.07, 6.45) is 1.65. The van der Waals surface area contributed by atoms with Crippen LogP contribution in [0.4, 0.5) is 8.78 Å². The molecule has 2 aromatic heterocycles. The molecule has 1 aliphatic carbocycles. The van der Waals surface area contributed by atoms with E-state index in [4.69, 9.17) is 0 Å². The summed E-state index contributed by atoms with van der Waals surface area (Å²) >= 11 is 0. The van der Waals surface area contributed by atoms with Gasteiger partial charge in [-0.05, 0) is 25.0 Å². The number of para-hydroxylation sites is 1. The van der Waals surface area contributed by atoms with Crippen LogP contribution in [-0.4, -0.2) is 9.55 Å². The number of hydrogen-bond donors (Lipinski definition) is 1. The fraction of sp³-hybridized carbons (Fsp3) is 0.158. The van der Waals surface area contributed by atoms with Crippen molar-refractivity contribution in [3.05, 3.63) is 68.6 Å². The molecule has 0 saturated heterocycles. The van der Waals surface area contributed by atoms with Crippen LogP contribution in [0.25, 0.3) is 32.7 Å². The molecular weight excluding hydrogens is 326 g/mol. The first-order valence-electron chi connectivity index (χ1n) is 8.04. The lowest BCUT2D eigenvalue weighted by atomic mass is 10.1. The first-order valence-corrected chi connectivity index (χ1v) is 8.04. The standard InChI is InChI=1S/C19H12F2N2O2/c20-9-7-12-16(13(21)8-9)23(10-5-6-10)17-11-3-1-2-4-14(11)22-19(25)15(17)18(12)24/h1-4,7-8,10H,5-6H2,(H,22,25). The van der Waals surface area contributed by atoms with Crippen LogP contribution in [0.3, 0.4) is 0 Å². The van der Waals surface area contributed by atoms with Crippen LogP contribution in [0.15, 0.2) is 46.0 Å². The highest BCUT2D eigenvalue weighted by Gasteiger charge is 2.30. The van der Waals surface area contributed by atoms with Crippen molar-refractivity contribution in [3.63, 3.8) is 0 Å². The third kappa shape index (κ3) is 1.91. The van der Waals surface area contributed by atoms with E-state index >= 15 is 0 Å². The SMILES string of the molecule is O=c1[nH]c2ccccc2c2c1c(=O)c1cc(F)cc(F)c1n2C1CC1. The van der Waals surface area contributed by atoms with Crippen molar-refractivity contribution in [2.24, 2.45) is 0 Å². The maximum atomic E-state index is 14.6. The number of fused-ring (bicyclic) bond motifs is 4. The predicted octanol–water partition coefficient (Wildman–Crippen LogP) is 3.61. The molecule has 2 aromatic carbocycles. The topological polar surface area (TPSA) is 54.9 Å². The van der Waals surface area contributed by atoms with Crippen LogP contribution in [0.1, 0.15) is 18.9 Å². The van der Waals surface area contributed by atoms with E-state index < -0.39 is 22.6 Å². The summed E-state index contributed by atoms with van der Waals surface area (Å²) in [7, 11) is 0. The Labute approximate surface area is 139 Å². The van der Waals surface area contributed by atoms with Gasteiger partial charge in [0.15, 0.2) is 5.82 Å². The highest BCUT2D eigenvalue weighted by molar-refractivity contribution is 6.07. The minimum atomic E-state index is -0.832. The third-order valence-electron chi connectivity index (χ3n) is 4.79. The van der Waals surface area contributed by atoms with Gasteiger partial charge in [-0.3, -0.25) is 9.59 Å². The molecule has 4 nitrogen and oxygen atoms in total. The van der Waals surface area contributed by atoms with Crippen LogP contribution in [0, 0.1) is 11.6 Å². The zero-order chi connectivity index (χ0) is 17.3. The van der Waals surface area contributed by atoms with E-state index in [2.05, 4.69) is 4.98 Å². The summed E-state index contributed by atoms with van der Waals surface area (Å²) in [4.78, 5) is 28.1. The molecule has 1 saturated carbocycles. The van der Waals surface area contributed by atoms with Gasteiger partial charge in [0.2, 0.25) is 5.43 Å². The van der Waals surface area contributed by atoms with Gasteiger partial charge < -0.3 is 9.55 Å². The summed E-state index contributed by atoms with van der Waals surface area (Å²) in [5, 5.41) is 0.521.